The van der Waals surface area contributed by atoms with Crippen molar-refractivity contribution in [2.45, 2.75) is 34.6 Å². The Kier molecular flexibility index (Phi) is 6.20. The first-order valence-electron chi connectivity index (χ1n) is 3.85. The second-order valence-electron chi connectivity index (χ2n) is 3.70. The van der Waals surface area contributed by atoms with Crippen molar-refractivity contribution in [1.82, 2.24) is 0 Å². The Morgan fingerprint density at radius 2 is 1.50 bits per heavy atom. The summed E-state index contributed by atoms with van der Waals surface area (Å²) in [4.78, 5) is 22.4. The van der Waals surface area contributed by atoms with E-state index in [4.69, 9.17) is 0 Å². The van der Waals surface area contributed by atoms with Crippen LogP contribution in [-0.4, -0.2) is 11.6 Å². The van der Waals surface area contributed by atoms with Crippen LogP contribution in [0.4, 0.5) is 0 Å². The molecule has 0 aromatic rings. The molecule has 0 atom stereocenters. The summed E-state index contributed by atoms with van der Waals surface area (Å²) in [7, 11) is 0. The van der Waals surface area contributed by atoms with Crippen LogP contribution in [0.3, 0.4) is 0 Å². The van der Waals surface area contributed by atoms with Gasteiger partial charge in [-0.2, -0.15) is 0 Å². The van der Waals surface area contributed by atoms with E-state index in [9.17, 15) is 9.59 Å². The smallest absolute Gasteiger partial charge is 0.148 e. The Morgan fingerprint density at radius 1 is 1.17 bits per heavy atom. The van der Waals surface area contributed by atoms with Crippen LogP contribution in [0.1, 0.15) is 34.6 Å². The van der Waals surface area contributed by atoms with E-state index < -0.39 is 5.41 Å². The molecule has 0 fully saturated rings. The van der Waals surface area contributed by atoms with Gasteiger partial charge in [0.1, 0.15) is 11.6 Å². The summed E-state index contributed by atoms with van der Waals surface area (Å²) >= 11 is 0. The van der Waals surface area contributed by atoms with E-state index in [1.54, 1.807) is 13.8 Å². The molecule has 0 N–H and O–H groups in total. The number of hydrogen-bond donors (Lipinski definition) is 0. The second kappa shape index (κ2) is 5.05. The topological polar surface area (TPSA) is 34.1 Å². The van der Waals surface area contributed by atoms with E-state index in [0.717, 1.165) is 0 Å². The maximum absolute atomic E-state index is 11.4. The number of ketones is 2. The molecule has 3 heteroatoms. The standard InChI is InChI=1S/C9H16O2.Hf/c1-6(2)8(11)9(4,5)7(3)10;/h6H,1-5H3;. The van der Waals surface area contributed by atoms with Gasteiger partial charge < -0.3 is 0 Å². The number of carbonyl (C=O) groups is 2. The summed E-state index contributed by atoms with van der Waals surface area (Å²) in [6.45, 7) is 8.44. The Hall–Kier alpha value is 0.210. The van der Waals surface area contributed by atoms with Crippen molar-refractivity contribution in [1.29, 1.82) is 0 Å². The molecule has 0 rings (SSSR count). The molecule has 0 saturated heterocycles. The minimum atomic E-state index is -0.797. The molecule has 2 nitrogen and oxygen atoms in total. The van der Waals surface area contributed by atoms with E-state index in [0.29, 0.717) is 0 Å². The zero-order chi connectivity index (χ0) is 9.23. The van der Waals surface area contributed by atoms with Crippen molar-refractivity contribution in [3.05, 3.63) is 0 Å². The zero-order valence-electron chi connectivity index (χ0n) is 8.39. The van der Waals surface area contributed by atoms with Crippen LogP contribution in [0.15, 0.2) is 0 Å². The largest absolute Gasteiger partial charge is 0.299 e. The molecule has 0 unspecified atom stereocenters. The first kappa shape index (κ1) is 14.7. The first-order chi connectivity index (χ1) is 4.80. The Balaban J connectivity index is 0. The van der Waals surface area contributed by atoms with Gasteiger partial charge in [0.05, 0.1) is 5.41 Å². The molecule has 0 heterocycles. The predicted octanol–water partition coefficient (Wildman–Crippen LogP) is 1.82. The van der Waals surface area contributed by atoms with Crippen LogP contribution in [0.5, 0.6) is 0 Å². The van der Waals surface area contributed by atoms with Crippen molar-refractivity contribution in [2.75, 3.05) is 0 Å². The molecule has 0 aliphatic heterocycles. The molecule has 0 bridgehead atoms. The minimum Gasteiger partial charge on any atom is -0.299 e. The van der Waals surface area contributed by atoms with Gasteiger partial charge in [0, 0.05) is 31.8 Å². The van der Waals surface area contributed by atoms with Gasteiger partial charge in [0.25, 0.3) is 0 Å². The number of carbonyl (C=O) groups excluding carboxylic acids is 2. The molecule has 12 heavy (non-hydrogen) atoms. The summed E-state index contributed by atoms with van der Waals surface area (Å²) < 4.78 is 0. The van der Waals surface area contributed by atoms with Gasteiger partial charge >= 0.3 is 0 Å². The summed E-state index contributed by atoms with van der Waals surface area (Å²) in [5.74, 6) is -0.102. The van der Waals surface area contributed by atoms with Gasteiger partial charge in [-0.3, -0.25) is 9.59 Å². The summed E-state index contributed by atoms with van der Waals surface area (Å²) in [5.41, 5.74) is -0.797. The molecule has 0 aromatic carbocycles. The molecule has 0 aliphatic rings. The predicted molar refractivity (Wildman–Crippen MR) is 44.3 cm³/mol. The maximum Gasteiger partial charge on any atom is 0.148 e. The molecule has 0 saturated carbocycles. The van der Waals surface area contributed by atoms with Gasteiger partial charge in [-0.1, -0.05) is 13.8 Å². The summed E-state index contributed by atoms with van der Waals surface area (Å²) in [5, 5.41) is 0. The number of rotatable bonds is 3. The molecule has 68 valence electrons. The van der Waals surface area contributed by atoms with Crippen molar-refractivity contribution in [3.63, 3.8) is 0 Å². The fraction of sp³-hybridized carbons (Fsp3) is 0.778. The number of Topliss-reactive ketones (excluding diaryl/α,β-unsaturated/α-hetero) is 2. The minimum absolute atomic E-state index is 0. The second-order valence-corrected chi connectivity index (χ2v) is 3.70. The Bertz CT molecular complexity index is 183. The van der Waals surface area contributed by atoms with Gasteiger partial charge in [-0.05, 0) is 20.8 Å². The fourth-order valence-electron chi connectivity index (χ4n) is 0.895. The van der Waals surface area contributed by atoms with Crippen molar-refractivity contribution in [3.8, 4) is 0 Å². The molecule has 0 aromatic heterocycles. The van der Waals surface area contributed by atoms with E-state index in [1.807, 2.05) is 13.8 Å². The van der Waals surface area contributed by atoms with E-state index in [1.165, 1.54) is 6.92 Å². The molecular formula is C9H16HfO2. The monoisotopic (exact) mass is 336 g/mol. The van der Waals surface area contributed by atoms with E-state index in [2.05, 4.69) is 0 Å². The van der Waals surface area contributed by atoms with Gasteiger partial charge in [0.2, 0.25) is 0 Å². The molecule has 0 aliphatic carbocycles. The van der Waals surface area contributed by atoms with Gasteiger partial charge in [-0.25, -0.2) is 0 Å². The first-order valence-corrected chi connectivity index (χ1v) is 3.85. The van der Waals surface area contributed by atoms with Crippen LogP contribution >= 0.6 is 0 Å². The molecule has 0 radical (unpaired) electrons. The van der Waals surface area contributed by atoms with Crippen molar-refractivity contribution in [2.24, 2.45) is 11.3 Å². The maximum atomic E-state index is 11.4. The van der Waals surface area contributed by atoms with Crippen molar-refractivity contribution >= 4 is 11.6 Å². The summed E-state index contributed by atoms with van der Waals surface area (Å²) in [6, 6.07) is 0. The number of hydrogen-bond acceptors (Lipinski definition) is 2. The fourth-order valence-corrected chi connectivity index (χ4v) is 0.895. The average Bonchev–Trinajstić information content (AvgIpc) is 1.85. The quantitative estimate of drug-likeness (QED) is 0.583. The Labute approximate surface area is 92.9 Å². The van der Waals surface area contributed by atoms with Crippen LogP contribution in [0.25, 0.3) is 0 Å². The third-order valence-corrected chi connectivity index (χ3v) is 2.02. The molecule has 0 spiro atoms. The van der Waals surface area contributed by atoms with Crippen LogP contribution in [-0.2, 0) is 35.4 Å². The Morgan fingerprint density at radius 3 is 1.58 bits per heavy atom. The van der Waals surface area contributed by atoms with Crippen LogP contribution in [0, 0.1) is 11.3 Å². The van der Waals surface area contributed by atoms with Crippen molar-refractivity contribution < 1.29 is 35.4 Å². The SMILES string of the molecule is CC(=O)C(C)(C)C(=O)C(C)C.[Hf]. The van der Waals surface area contributed by atoms with Crippen LogP contribution < -0.4 is 0 Å². The van der Waals surface area contributed by atoms with Gasteiger partial charge in [-0.15, -0.1) is 0 Å². The zero-order valence-corrected chi connectivity index (χ0v) is 12.0. The van der Waals surface area contributed by atoms with Crippen LogP contribution in [0.2, 0.25) is 0 Å². The third-order valence-electron chi connectivity index (χ3n) is 2.02. The molecule has 0 amide bonds. The third kappa shape index (κ3) is 3.30. The van der Waals surface area contributed by atoms with Gasteiger partial charge in [0.15, 0.2) is 0 Å². The van der Waals surface area contributed by atoms with E-state index >= 15 is 0 Å². The summed E-state index contributed by atoms with van der Waals surface area (Å²) in [6.07, 6.45) is 0. The normalized spacial score (nSPS) is 10.8. The van der Waals surface area contributed by atoms with E-state index in [-0.39, 0.29) is 43.3 Å². The average molecular weight is 335 g/mol. The molecular weight excluding hydrogens is 319 g/mol.